The Morgan fingerprint density at radius 1 is 1.25 bits per heavy atom. The number of ether oxygens (including phenoxy) is 1. The lowest BCUT2D eigenvalue weighted by Crippen LogP contribution is -2.58. The van der Waals surface area contributed by atoms with Crippen molar-refractivity contribution in [3.63, 3.8) is 0 Å². The smallest absolute Gasteiger partial charge is 0.327 e. The van der Waals surface area contributed by atoms with Crippen LogP contribution in [0.4, 0.5) is 0 Å². The largest absolute Gasteiger partial charge is 0.468 e. The maximum Gasteiger partial charge on any atom is 0.327 e. The molecule has 0 amide bonds. The SMILES string of the molecule is CCNC(C)(CN1CCC(CC)(CC)CC1)C(=O)OC. The molecule has 1 aliphatic rings. The predicted molar refractivity (Wildman–Crippen MR) is 82.8 cm³/mol. The molecule has 4 heteroatoms. The summed E-state index contributed by atoms with van der Waals surface area (Å²) in [6.07, 6.45) is 5.00. The molecule has 1 fully saturated rings. The molecule has 0 aliphatic carbocycles. The molecule has 0 aromatic heterocycles. The van der Waals surface area contributed by atoms with Gasteiger partial charge in [-0.3, -0.25) is 4.79 Å². The van der Waals surface area contributed by atoms with E-state index in [2.05, 4.69) is 24.1 Å². The van der Waals surface area contributed by atoms with Gasteiger partial charge in [0.05, 0.1) is 7.11 Å². The van der Waals surface area contributed by atoms with Crippen molar-refractivity contribution in [2.24, 2.45) is 5.41 Å². The van der Waals surface area contributed by atoms with Crippen LogP contribution in [-0.4, -0.2) is 49.7 Å². The lowest BCUT2D eigenvalue weighted by atomic mass is 9.74. The molecule has 0 saturated carbocycles. The van der Waals surface area contributed by atoms with Crippen LogP contribution in [0.2, 0.25) is 0 Å². The molecular weight excluding hydrogens is 252 g/mol. The summed E-state index contributed by atoms with van der Waals surface area (Å²) in [6.45, 7) is 12.2. The molecule has 1 unspecified atom stereocenters. The highest BCUT2D eigenvalue weighted by molar-refractivity contribution is 5.80. The molecule has 1 heterocycles. The Kier molecular flexibility index (Phi) is 6.46. The minimum Gasteiger partial charge on any atom is -0.468 e. The molecule has 0 spiro atoms. The average molecular weight is 284 g/mol. The first kappa shape index (κ1) is 17.4. The third-order valence-corrected chi connectivity index (χ3v) is 5.16. The second-order valence-corrected chi connectivity index (χ2v) is 6.34. The molecule has 1 N–H and O–H groups in total. The Balaban J connectivity index is 2.62. The Morgan fingerprint density at radius 2 is 1.80 bits per heavy atom. The summed E-state index contributed by atoms with van der Waals surface area (Å²) in [5.41, 5.74) is -0.0711. The summed E-state index contributed by atoms with van der Waals surface area (Å²) in [7, 11) is 1.47. The number of nitrogens with zero attached hydrogens (tertiary/aromatic N) is 1. The van der Waals surface area contributed by atoms with Crippen molar-refractivity contribution in [2.75, 3.05) is 33.3 Å². The van der Waals surface area contributed by atoms with E-state index in [1.165, 1.54) is 32.8 Å². The van der Waals surface area contributed by atoms with E-state index in [1.54, 1.807) is 0 Å². The van der Waals surface area contributed by atoms with Gasteiger partial charge in [-0.05, 0) is 44.8 Å². The zero-order chi connectivity index (χ0) is 15.2. The second-order valence-electron chi connectivity index (χ2n) is 6.34. The van der Waals surface area contributed by atoms with Crippen molar-refractivity contribution in [3.05, 3.63) is 0 Å². The summed E-state index contributed by atoms with van der Waals surface area (Å²) < 4.78 is 4.96. The Morgan fingerprint density at radius 3 is 2.20 bits per heavy atom. The average Bonchev–Trinajstić information content (AvgIpc) is 2.47. The van der Waals surface area contributed by atoms with Gasteiger partial charge in [0.25, 0.3) is 0 Å². The highest BCUT2D eigenvalue weighted by Gasteiger charge is 2.38. The Bertz CT molecular complexity index is 306. The minimum atomic E-state index is -0.595. The number of rotatable bonds is 7. The fourth-order valence-corrected chi connectivity index (χ4v) is 3.40. The molecule has 1 atom stereocenters. The predicted octanol–water partition coefficient (Wildman–Crippen LogP) is 2.43. The minimum absolute atomic E-state index is 0.165. The van der Waals surface area contributed by atoms with Crippen LogP contribution in [0, 0.1) is 5.41 Å². The van der Waals surface area contributed by atoms with Gasteiger partial charge in [0, 0.05) is 6.54 Å². The monoisotopic (exact) mass is 284 g/mol. The van der Waals surface area contributed by atoms with E-state index in [4.69, 9.17) is 4.74 Å². The molecule has 0 radical (unpaired) electrons. The van der Waals surface area contributed by atoms with Gasteiger partial charge >= 0.3 is 5.97 Å². The number of carbonyl (C=O) groups excluding carboxylic acids is 1. The fraction of sp³-hybridized carbons (Fsp3) is 0.938. The van der Waals surface area contributed by atoms with Crippen LogP contribution in [0.15, 0.2) is 0 Å². The van der Waals surface area contributed by atoms with Crippen molar-refractivity contribution in [1.82, 2.24) is 10.2 Å². The number of likely N-dealkylation sites (N-methyl/N-ethyl adjacent to an activating group) is 1. The molecule has 4 nitrogen and oxygen atoms in total. The fourth-order valence-electron chi connectivity index (χ4n) is 3.40. The molecule has 118 valence electrons. The van der Waals surface area contributed by atoms with Crippen molar-refractivity contribution < 1.29 is 9.53 Å². The summed E-state index contributed by atoms with van der Waals surface area (Å²) >= 11 is 0. The third-order valence-electron chi connectivity index (χ3n) is 5.16. The molecule has 0 bridgehead atoms. The topological polar surface area (TPSA) is 41.6 Å². The van der Waals surface area contributed by atoms with Crippen molar-refractivity contribution >= 4 is 5.97 Å². The lowest BCUT2D eigenvalue weighted by molar-refractivity contribution is -0.149. The van der Waals surface area contributed by atoms with Gasteiger partial charge in [0.1, 0.15) is 5.54 Å². The number of methoxy groups -OCH3 is 1. The molecule has 1 aliphatic heterocycles. The van der Waals surface area contributed by atoms with Gasteiger partial charge in [0.15, 0.2) is 0 Å². The first-order valence-electron chi connectivity index (χ1n) is 8.01. The first-order valence-corrected chi connectivity index (χ1v) is 8.01. The molecule has 20 heavy (non-hydrogen) atoms. The van der Waals surface area contributed by atoms with Gasteiger partial charge in [-0.25, -0.2) is 0 Å². The van der Waals surface area contributed by atoms with Crippen molar-refractivity contribution in [3.8, 4) is 0 Å². The van der Waals surface area contributed by atoms with Crippen LogP contribution < -0.4 is 5.32 Å². The van der Waals surface area contributed by atoms with Crippen molar-refractivity contribution in [2.45, 2.75) is 58.9 Å². The van der Waals surface area contributed by atoms with E-state index in [0.717, 1.165) is 26.2 Å². The molecule has 1 rings (SSSR count). The van der Waals surface area contributed by atoms with Crippen LogP contribution in [0.1, 0.15) is 53.4 Å². The van der Waals surface area contributed by atoms with E-state index in [1.807, 2.05) is 13.8 Å². The highest BCUT2D eigenvalue weighted by Crippen LogP contribution is 2.38. The Labute approximate surface area is 124 Å². The van der Waals surface area contributed by atoms with Crippen LogP contribution in [0.3, 0.4) is 0 Å². The van der Waals surface area contributed by atoms with E-state index in [0.29, 0.717) is 5.41 Å². The maximum absolute atomic E-state index is 12.0. The molecule has 1 saturated heterocycles. The standard InChI is InChI=1S/C16H32N2O2/c1-6-16(7-2)9-11-18(12-10-16)13-15(4,17-8-3)14(19)20-5/h17H,6-13H2,1-5H3. The van der Waals surface area contributed by atoms with Crippen LogP contribution in [0.25, 0.3) is 0 Å². The lowest BCUT2D eigenvalue weighted by Gasteiger charge is -2.43. The van der Waals surface area contributed by atoms with Gasteiger partial charge in [0.2, 0.25) is 0 Å². The molecule has 0 aromatic carbocycles. The normalized spacial score (nSPS) is 22.2. The first-order chi connectivity index (χ1) is 9.45. The number of carbonyl (C=O) groups is 1. The zero-order valence-electron chi connectivity index (χ0n) is 13.9. The number of hydrogen-bond acceptors (Lipinski definition) is 4. The van der Waals surface area contributed by atoms with Gasteiger partial charge < -0.3 is 15.0 Å². The summed E-state index contributed by atoms with van der Waals surface area (Å²) in [5.74, 6) is -0.165. The maximum atomic E-state index is 12.0. The highest BCUT2D eigenvalue weighted by atomic mass is 16.5. The zero-order valence-corrected chi connectivity index (χ0v) is 13.9. The van der Waals surface area contributed by atoms with E-state index >= 15 is 0 Å². The van der Waals surface area contributed by atoms with Gasteiger partial charge in [-0.15, -0.1) is 0 Å². The van der Waals surface area contributed by atoms with Crippen LogP contribution >= 0.6 is 0 Å². The van der Waals surface area contributed by atoms with Gasteiger partial charge in [-0.2, -0.15) is 0 Å². The summed E-state index contributed by atoms with van der Waals surface area (Å²) in [5, 5.41) is 3.29. The third kappa shape index (κ3) is 3.95. The summed E-state index contributed by atoms with van der Waals surface area (Å²) in [6, 6.07) is 0. The second kappa shape index (κ2) is 7.41. The number of likely N-dealkylation sites (tertiary alicyclic amines) is 1. The van der Waals surface area contributed by atoms with E-state index < -0.39 is 5.54 Å². The molecule has 0 aromatic rings. The van der Waals surface area contributed by atoms with E-state index in [-0.39, 0.29) is 5.97 Å². The van der Waals surface area contributed by atoms with Crippen LogP contribution in [0.5, 0.6) is 0 Å². The quantitative estimate of drug-likeness (QED) is 0.729. The number of nitrogens with one attached hydrogen (secondary N) is 1. The van der Waals surface area contributed by atoms with Crippen molar-refractivity contribution in [1.29, 1.82) is 0 Å². The number of hydrogen-bond donors (Lipinski definition) is 1. The number of esters is 1. The van der Waals surface area contributed by atoms with E-state index in [9.17, 15) is 4.79 Å². The number of piperidine rings is 1. The van der Waals surface area contributed by atoms with Gasteiger partial charge in [-0.1, -0.05) is 33.6 Å². The Hall–Kier alpha value is -0.610. The summed E-state index contributed by atoms with van der Waals surface area (Å²) in [4.78, 5) is 14.4. The molecular formula is C16H32N2O2. The van der Waals surface area contributed by atoms with Crippen LogP contribution in [-0.2, 0) is 9.53 Å².